The van der Waals surface area contributed by atoms with Crippen LogP contribution in [0.4, 0.5) is 0 Å². The fourth-order valence-electron chi connectivity index (χ4n) is 9.68. The molecule has 2 bridgehead atoms. The van der Waals surface area contributed by atoms with E-state index in [1.54, 1.807) is 14.2 Å². The zero-order valence-electron chi connectivity index (χ0n) is 35.9. The molecule has 0 unspecified atom stereocenters. The van der Waals surface area contributed by atoms with Crippen molar-refractivity contribution in [2.45, 2.75) is 152 Å². The molecular weight excluding hydrogens is 768 g/mol. The van der Waals surface area contributed by atoms with Gasteiger partial charge in [0.15, 0.2) is 5.79 Å². The standard InChI is InChI=1S/C35H49ClO7.C10H20O5/c1-21(2)32-23(4)11-12-34(20-41-32)17-29-16-28(43-34)10-9-22(3)13-27(36)8-6-7-25-19-40-33-30(18-37)24(5)14-26(35(25,33)39)15-31(38)42-29;1-7-9(14-6-11)8(12-3)5-10(2,13-4)15-7/h6-9,11-12,14,21,23,26-30,32-33,37,39H,10,13,15-20H2,1-5H3;7-9,11H,5-6H2,1-4H3/b8-6+,22-9+,25-7+;/t23-,26-,27-,28+,29-,30+,32+,33+,34-,35+;7-,8-,9-,10+/m00/s1. The Morgan fingerprint density at radius 3 is 2.47 bits per heavy atom. The van der Waals surface area contributed by atoms with Crippen LogP contribution in [0, 0.1) is 23.7 Å². The van der Waals surface area contributed by atoms with E-state index in [1.165, 1.54) is 0 Å². The van der Waals surface area contributed by atoms with Crippen LogP contribution in [0.3, 0.4) is 0 Å². The highest BCUT2D eigenvalue weighted by Gasteiger charge is 2.57. The molecule has 3 saturated heterocycles. The van der Waals surface area contributed by atoms with Gasteiger partial charge in [0.1, 0.15) is 30.2 Å². The summed E-state index contributed by atoms with van der Waals surface area (Å²) in [6.07, 6.45) is 15.4. The second-order valence-electron chi connectivity index (χ2n) is 17.6. The van der Waals surface area contributed by atoms with Crippen molar-refractivity contribution in [1.82, 2.24) is 0 Å². The lowest BCUT2D eigenvalue weighted by Gasteiger charge is -2.44. The minimum Gasteiger partial charge on any atom is -0.462 e. The molecule has 3 N–H and O–H groups in total. The lowest BCUT2D eigenvalue weighted by atomic mass is 9.67. The van der Waals surface area contributed by atoms with Gasteiger partial charge in [-0.2, -0.15) is 0 Å². The largest absolute Gasteiger partial charge is 0.462 e. The molecule has 1 spiro atoms. The first kappa shape index (κ1) is 47.1. The third kappa shape index (κ3) is 10.9. The molecule has 328 valence electrons. The number of carbonyl (C=O) groups excluding carboxylic acids is 1. The van der Waals surface area contributed by atoms with Gasteiger partial charge in [0.25, 0.3) is 0 Å². The maximum atomic E-state index is 13.6. The Kier molecular flexibility index (Phi) is 16.5. The van der Waals surface area contributed by atoms with E-state index in [2.05, 4.69) is 45.9 Å². The van der Waals surface area contributed by atoms with Gasteiger partial charge in [0.2, 0.25) is 0 Å². The molecule has 58 heavy (non-hydrogen) atoms. The Labute approximate surface area is 350 Å². The maximum Gasteiger partial charge on any atom is 0.306 e. The van der Waals surface area contributed by atoms with Crippen molar-refractivity contribution in [3.8, 4) is 0 Å². The monoisotopic (exact) mass is 836 g/mol. The normalized spacial score (nSPS) is 44.6. The van der Waals surface area contributed by atoms with Gasteiger partial charge >= 0.3 is 5.97 Å². The molecule has 5 aliphatic heterocycles. The van der Waals surface area contributed by atoms with Crippen molar-refractivity contribution in [3.63, 3.8) is 0 Å². The summed E-state index contributed by atoms with van der Waals surface area (Å²) in [5.74, 6) is -1.32. The number of hydrogen-bond acceptors (Lipinski definition) is 12. The van der Waals surface area contributed by atoms with E-state index >= 15 is 0 Å². The summed E-state index contributed by atoms with van der Waals surface area (Å²) >= 11 is 6.70. The van der Waals surface area contributed by atoms with Crippen LogP contribution in [0.5, 0.6) is 0 Å². The number of fused-ring (bicyclic) bond motifs is 2. The van der Waals surface area contributed by atoms with Gasteiger partial charge in [-0.05, 0) is 52.0 Å². The summed E-state index contributed by atoms with van der Waals surface area (Å²) in [4.78, 5) is 13.6. The Balaban J connectivity index is 0.000000360. The van der Waals surface area contributed by atoms with E-state index in [0.29, 0.717) is 50.2 Å². The summed E-state index contributed by atoms with van der Waals surface area (Å²) in [5.41, 5.74) is 0.596. The molecule has 6 aliphatic rings. The molecule has 6 rings (SSSR count). The first-order valence-electron chi connectivity index (χ1n) is 21.0. The van der Waals surface area contributed by atoms with Crippen LogP contribution in [0.15, 0.2) is 59.3 Å². The highest BCUT2D eigenvalue weighted by Crippen LogP contribution is 2.48. The van der Waals surface area contributed by atoms with Gasteiger partial charge in [0, 0.05) is 51.2 Å². The number of hydrogen-bond donors (Lipinski definition) is 3. The number of esters is 1. The Bertz CT molecular complexity index is 1540. The molecule has 0 amide bonds. The number of aliphatic hydroxyl groups excluding tert-OH is 2. The summed E-state index contributed by atoms with van der Waals surface area (Å²) in [6.45, 7) is 14.4. The Hall–Kier alpha value is -1.94. The lowest BCUT2D eigenvalue weighted by molar-refractivity contribution is -0.311. The summed E-state index contributed by atoms with van der Waals surface area (Å²) in [7, 11) is 3.22. The zero-order chi connectivity index (χ0) is 42.4. The van der Waals surface area contributed by atoms with Crippen LogP contribution >= 0.6 is 11.6 Å². The average Bonchev–Trinajstić information content (AvgIpc) is 3.41. The number of halogens is 1. The van der Waals surface area contributed by atoms with Crippen molar-refractivity contribution in [1.29, 1.82) is 0 Å². The minimum atomic E-state index is -1.44. The van der Waals surface area contributed by atoms with Gasteiger partial charge in [-0.3, -0.25) is 4.79 Å². The lowest BCUT2D eigenvalue weighted by Crippen LogP contribution is -2.54. The molecular formula is C45H69ClO12. The Morgan fingerprint density at radius 1 is 1.03 bits per heavy atom. The molecule has 1 aliphatic carbocycles. The van der Waals surface area contributed by atoms with Gasteiger partial charge in [-0.25, -0.2) is 0 Å². The number of ether oxygens (including phenoxy) is 8. The molecule has 14 atom stereocenters. The van der Waals surface area contributed by atoms with Crippen LogP contribution in [0.25, 0.3) is 0 Å². The van der Waals surface area contributed by atoms with Crippen molar-refractivity contribution in [2.24, 2.45) is 23.7 Å². The first-order chi connectivity index (χ1) is 27.5. The highest BCUT2D eigenvalue weighted by molar-refractivity contribution is 6.21. The van der Waals surface area contributed by atoms with E-state index < -0.39 is 29.0 Å². The van der Waals surface area contributed by atoms with Gasteiger partial charge in [-0.15, -0.1) is 11.6 Å². The van der Waals surface area contributed by atoms with Gasteiger partial charge in [-0.1, -0.05) is 74.4 Å². The summed E-state index contributed by atoms with van der Waals surface area (Å²) < 4.78 is 47.0. The van der Waals surface area contributed by atoms with E-state index in [0.717, 1.165) is 11.1 Å². The van der Waals surface area contributed by atoms with Crippen molar-refractivity contribution >= 4 is 17.6 Å². The highest BCUT2D eigenvalue weighted by atomic mass is 35.5. The van der Waals surface area contributed by atoms with Gasteiger partial charge in [0.05, 0.1) is 62.1 Å². The number of methoxy groups -OCH3 is 2. The van der Waals surface area contributed by atoms with E-state index in [9.17, 15) is 15.0 Å². The quantitative estimate of drug-likeness (QED) is 0.123. The topological polar surface area (TPSA) is 152 Å². The number of allylic oxidation sites excluding steroid dienone is 4. The fourth-order valence-corrected chi connectivity index (χ4v) is 10.0. The van der Waals surface area contributed by atoms with Crippen LogP contribution in [-0.2, 0) is 42.7 Å². The molecule has 12 nitrogen and oxygen atoms in total. The van der Waals surface area contributed by atoms with Crippen molar-refractivity contribution in [2.75, 3.05) is 40.8 Å². The molecule has 13 heteroatoms. The van der Waals surface area contributed by atoms with Crippen LogP contribution in [0.2, 0.25) is 0 Å². The average molecular weight is 837 g/mol. The predicted octanol–water partition coefficient (Wildman–Crippen LogP) is 6.11. The van der Waals surface area contributed by atoms with Crippen LogP contribution < -0.4 is 0 Å². The number of aliphatic hydroxyl groups is 3. The SMILES string of the molecule is CC1=C[C@H]2CC(=O)O[C@H]3C[C@@H](C/C=C(\C)C[C@@H](Cl)/C=C/C=C4\CO[C@H]([C@@H]1CO)[C@@]42O)O[C@@]1(C=C[C@H](C)[C@@H](C(C)C)OC1)C3.CO[C@H]1C[C@](C)(OC)O[C@@H](C)[C@@H]1OCO. The van der Waals surface area contributed by atoms with E-state index in [4.69, 9.17) is 54.6 Å². The third-order valence-electron chi connectivity index (χ3n) is 12.8. The zero-order valence-corrected chi connectivity index (χ0v) is 36.7. The minimum absolute atomic E-state index is 0.00212. The molecule has 0 saturated carbocycles. The van der Waals surface area contributed by atoms with Crippen LogP contribution in [-0.4, -0.2) is 127 Å². The summed E-state index contributed by atoms with van der Waals surface area (Å²) in [5, 5.41) is 30.9. The number of rotatable bonds is 6. The molecule has 5 heterocycles. The number of carbonyl (C=O) groups is 1. The van der Waals surface area contributed by atoms with E-state index in [1.807, 2.05) is 45.1 Å². The van der Waals surface area contributed by atoms with Crippen molar-refractivity contribution in [3.05, 3.63) is 59.3 Å². The molecule has 3 fully saturated rings. The third-order valence-corrected chi connectivity index (χ3v) is 13.1. The second-order valence-corrected chi connectivity index (χ2v) is 18.2. The fraction of sp³-hybridized carbons (Fsp3) is 0.756. The first-order valence-corrected chi connectivity index (χ1v) is 21.4. The molecule has 0 aromatic heterocycles. The second kappa shape index (κ2) is 20.3. The molecule has 0 radical (unpaired) electrons. The maximum absolute atomic E-state index is 13.6. The molecule has 0 aromatic carbocycles. The van der Waals surface area contributed by atoms with Crippen LogP contribution in [0.1, 0.15) is 87.0 Å². The van der Waals surface area contributed by atoms with Crippen molar-refractivity contribution < 1.29 is 58.0 Å². The Morgan fingerprint density at radius 2 is 1.79 bits per heavy atom. The smallest absolute Gasteiger partial charge is 0.306 e. The van der Waals surface area contributed by atoms with E-state index in [-0.39, 0.29) is 86.2 Å². The predicted molar refractivity (Wildman–Crippen MR) is 220 cm³/mol. The summed E-state index contributed by atoms with van der Waals surface area (Å²) in [6, 6.07) is 0. The molecule has 0 aromatic rings. The van der Waals surface area contributed by atoms with Gasteiger partial charge < -0.3 is 53.2 Å². The number of alkyl halides is 1.